The first-order valence-electron chi connectivity index (χ1n) is 6.60. The summed E-state index contributed by atoms with van der Waals surface area (Å²) in [4.78, 5) is 13.7. The van der Waals surface area contributed by atoms with E-state index in [2.05, 4.69) is 18.7 Å². The van der Waals surface area contributed by atoms with Crippen molar-refractivity contribution in [3.05, 3.63) is 29.8 Å². The highest BCUT2D eigenvalue weighted by Crippen LogP contribution is 2.13. The van der Waals surface area contributed by atoms with Gasteiger partial charge < -0.3 is 5.11 Å². The van der Waals surface area contributed by atoms with Crippen LogP contribution in [0.5, 0.6) is 5.75 Å². The summed E-state index contributed by atoms with van der Waals surface area (Å²) < 4.78 is 0. The number of likely N-dealkylation sites (N-methyl/N-ethyl adjacent to an activating group) is 1. The van der Waals surface area contributed by atoms with E-state index in [0.29, 0.717) is 24.8 Å². The Labute approximate surface area is 109 Å². The van der Waals surface area contributed by atoms with Gasteiger partial charge >= 0.3 is 0 Å². The first-order chi connectivity index (χ1) is 8.56. The maximum atomic E-state index is 11.5. The van der Waals surface area contributed by atoms with Gasteiger partial charge in [0.15, 0.2) is 0 Å². The molecule has 0 aromatic heterocycles. The fourth-order valence-electron chi connectivity index (χ4n) is 2.02. The Kier molecular flexibility index (Phi) is 5.86. The molecule has 0 fully saturated rings. The number of benzene rings is 1. The molecule has 0 unspecified atom stereocenters. The fourth-order valence-corrected chi connectivity index (χ4v) is 2.02. The standard InChI is InChI=1S/C15H23NO2/c1-4-14(17)11-16(5-2)12(3)10-13-6-8-15(18)9-7-13/h6-9,12,18H,4-5,10-11H2,1-3H3/t12-/m1/s1. The van der Waals surface area contributed by atoms with E-state index in [1.54, 1.807) is 12.1 Å². The van der Waals surface area contributed by atoms with Crippen LogP contribution in [0.2, 0.25) is 0 Å². The highest BCUT2D eigenvalue weighted by Gasteiger charge is 2.15. The van der Waals surface area contributed by atoms with E-state index in [9.17, 15) is 9.90 Å². The SMILES string of the molecule is CCC(=O)CN(CC)[C@H](C)Cc1ccc(O)cc1. The number of Topliss-reactive ketones (excluding diaryl/α,β-unsaturated/α-hetero) is 1. The van der Waals surface area contributed by atoms with Gasteiger partial charge in [-0.1, -0.05) is 26.0 Å². The summed E-state index contributed by atoms with van der Waals surface area (Å²) >= 11 is 0. The van der Waals surface area contributed by atoms with Crippen LogP contribution in [-0.2, 0) is 11.2 Å². The molecule has 18 heavy (non-hydrogen) atoms. The van der Waals surface area contributed by atoms with Gasteiger partial charge in [-0.25, -0.2) is 0 Å². The van der Waals surface area contributed by atoms with E-state index in [4.69, 9.17) is 0 Å². The molecule has 0 radical (unpaired) electrons. The van der Waals surface area contributed by atoms with Crippen LogP contribution in [0.15, 0.2) is 24.3 Å². The van der Waals surface area contributed by atoms with Crippen molar-refractivity contribution in [3.63, 3.8) is 0 Å². The Morgan fingerprint density at radius 1 is 1.28 bits per heavy atom. The quantitative estimate of drug-likeness (QED) is 0.807. The van der Waals surface area contributed by atoms with Crippen molar-refractivity contribution in [3.8, 4) is 5.75 Å². The molecule has 0 aliphatic heterocycles. The highest BCUT2D eigenvalue weighted by atomic mass is 16.3. The minimum Gasteiger partial charge on any atom is -0.508 e. The smallest absolute Gasteiger partial charge is 0.146 e. The lowest BCUT2D eigenvalue weighted by Gasteiger charge is -2.27. The third-order valence-electron chi connectivity index (χ3n) is 3.27. The number of rotatable bonds is 7. The number of aromatic hydroxyl groups is 1. The second-order valence-electron chi connectivity index (χ2n) is 4.67. The minimum absolute atomic E-state index is 0.286. The number of ketones is 1. The van der Waals surface area contributed by atoms with Crippen LogP contribution < -0.4 is 0 Å². The van der Waals surface area contributed by atoms with Gasteiger partial charge in [-0.05, 0) is 37.6 Å². The Bertz CT molecular complexity index is 373. The number of hydrogen-bond acceptors (Lipinski definition) is 3. The average Bonchev–Trinajstić information content (AvgIpc) is 2.38. The monoisotopic (exact) mass is 249 g/mol. The maximum Gasteiger partial charge on any atom is 0.146 e. The summed E-state index contributed by atoms with van der Waals surface area (Å²) in [6.07, 6.45) is 1.49. The van der Waals surface area contributed by atoms with Gasteiger partial charge in [0, 0.05) is 12.5 Å². The summed E-state index contributed by atoms with van der Waals surface area (Å²) in [5.41, 5.74) is 1.18. The molecule has 1 atom stereocenters. The van der Waals surface area contributed by atoms with Crippen molar-refractivity contribution < 1.29 is 9.90 Å². The van der Waals surface area contributed by atoms with Crippen molar-refractivity contribution in [1.82, 2.24) is 4.90 Å². The molecule has 0 heterocycles. The zero-order valence-corrected chi connectivity index (χ0v) is 11.5. The number of phenols is 1. The van der Waals surface area contributed by atoms with Crippen LogP contribution in [0, 0.1) is 0 Å². The van der Waals surface area contributed by atoms with E-state index in [1.165, 1.54) is 5.56 Å². The van der Waals surface area contributed by atoms with Gasteiger partial charge in [0.1, 0.15) is 11.5 Å². The molecule has 1 aromatic carbocycles. The third-order valence-corrected chi connectivity index (χ3v) is 3.27. The van der Waals surface area contributed by atoms with Crippen molar-refractivity contribution in [2.24, 2.45) is 0 Å². The van der Waals surface area contributed by atoms with E-state index in [1.807, 2.05) is 19.1 Å². The van der Waals surface area contributed by atoms with E-state index in [0.717, 1.165) is 13.0 Å². The lowest BCUT2D eigenvalue weighted by Crippen LogP contribution is -2.38. The first kappa shape index (κ1) is 14.7. The third kappa shape index (κ3) is 4.49. The van der Waals surface area contributed by atoms with Crippen molar-refractivity contribution in [2.45, 2.75) is 39.7 Å². The molecular weight excluding hydrogens is 226 g/mol. The summed E-state index contributed by atoms with van der Waals surface area (Å²) in [7, 11) is 0. The molecular formula is C15H23NO2. The van der Waals surface area contributed by atoms with Gasteiger partial charge in [-0.15, -0.1) is 0 Å². The zero-order valence-electron chi connectivity index (χ0n) is 11.5. The van der Waals surface area contributed by atoms with Crippen LogP contribution >= 0.6 is 0 Å². The summed E-state index contributed by atoms with van der Waals surface area (Å²) in [6.45, 7) is 7.54. The summed E-state index contributed by atoms with van der Waals surface area (Å²) in [5.74, 6) is 0.578. The van der Waals surface area contributed by atoms with E-state index >= 15 is 0 Å². The normalized spacial score (nSPS) is 12.7. The Hall–Kier alpha value is -1.35. The molecule has 0 aliphatic rings. The van der Waals surface area contributed by atoms with Crippen molar-refractivity contribution in [2.75, 3.05) is 13.1 Å². The number of carbonyl (C=O) groups is 1. The Morgan fingerprint density at radius 2 is 1.89 bits per heavy atom. The van der Waals surface area contributed by atoms with Crippen LogP contribution in [0.3, 0.4) is 0 Å². The molecule has 1 N–H and O–H groups in total. The van der Waals surface area contributed by atoms with E-state index in [-0.39, 0.29) is 5.78 Å². The molecule has 3 nitrogen and oxygen atoms in total. The first-order valence-corrected chi connectivity index (χ1v) is 6.60. The number of hydrogen-bond donors (Lipinski definition) is 1. The van der Waals surface area contributed by atoms with Gasteiger partial charge in [-0.2, -0.15) is 0 Å². The second-order valence-corrected chi connectivity index (χ2v) is 4.67. The maximum absolute atomic E-state index is 11.5. The van der Waals surface area contributed by atoms with E-state index < -0.39 is 0 Å². The Morgan fingerprint density at radius 3 is 2.39 bits per heavy atom. The Balaban J connectivity index is 2.58. The van der Waals surface area contributed by atoms with Crippen LogP contribution in [0.4, 0.5) is 0 Å². The molecule has 1 rings (SSSR count). The molecule has 0 spiro atoms. The fraction of sp³-hybridized carbons (Fsp3) is 0.533. The van der Waals surface area contributed by atoms with Gasteiger partial charge in [-0.3, -0.25) is 9.69 Å². The largest absolute Gasteiger partial charge is 0.508 e. The topological polar surface area (TPSA) is 40.5 Å². The lowest BCUT2D eigenvalue weighted by atomic mass is 10.1. The van der Waals surface area contributed by atoms with Gasteiger partial charge in [0.25, 0.3) is 0 Å². The molecule has 0 saturated heterocycles. The molecule has 0 bridgehead atoms. The molecule has 0 saturated carbocycles. The summed E-state index contributed by atoms with van der Waals surface area (Å²) in [6, 6.07) is 7.60. The van der Waals surface area contributed by atoms with Crippen LogP contribution in [0.1, 0.15) is 32.8 Å². The lowest BCUT2D eigenvalue weighted by molar-refractivity contribution is -0.120. The number of phenolic OH excluding ortho intramolecular Hbond substituents is 1. The summed E-state index contributed by atoms with van der Waals surface area (Å²) in [5, 5.41) is 9.24. The van der Waals surface area contributed by atoms with Crippen LogP contribution in [0.25, 0.3) is 0 Å². The molecule has 1 aromatic rings. The molecule has 100 valence electrons. The van der Waals surface area contributed by atoms with Gasteiger partial charge in [0.05, 0.1) is 6.54 Å². The van der Waals surface area contributed by atoms with Crippen LogP contribution in [-0.4, -0.2) is 34.9 Å². The zero-order chi connectivity index (χ0) is 13.5. The van der Waals surface area contributed by atoms with Crippen molar-refractivity contribution in [1.29, 1.82) is 0 Å². The number of nitrogens with zero attached hydrogens (tertiary/aromatic N) is 1. The highest BCUT2D eigenvalue weighted by molar-refractivity contribution is 5.80. The molecule has 0 amide bonds. The minimum atomic E-state index is 0.286. The predicted molar refractivity (Wildman–Crippen MR) is 73.8 cm³/mol. The number of carbonyl (C=O) groups excluding carboxylic acids is 1. The predicted octanol–water partition coefficient (Wildman–Crippen LogP) is 2.62. The molecule has 3 heteroatoms. The van der Waals surface area contributed by atoms with Crippen molar-refractivity contribution >= 4 is 5.78 Å². The molecule has 0 aliphatic carbocycles. The second kappa shape index (κ2) is 7.17. The average molecular weight is 249 g/mol. The van der Waals surface area contributed by atoms with Gasteiger partial charge in [0.2, 0.25) is 0 Å².